The van der Waals surface area contributed by atoms with Gasteiger partial charge < -0.3 is 26.5 Å². The van der Waals surface area contributed by atoms with E-state index in [0.717, 1.165) is 67.1 Å². The summed E-state index contributed by atoms with van der Waals surface area (Å²) in [6, 6.07) is 0. The lowest BCUT2D eigenvalue weighted by Gasteiger charge is -2.21. The smallest absolute Gasteiger partial charge is 0.150 e. The molecule has 4 aliphatic rings. The van der Waals surface area contributed by atoms with Gasteiger partial charge in [0.1, 0.15) is 29.1 Å². The first-order chi connectivity index (χ1) is 17.1. The minimum atomic E-state index is 0.125. The Hall–Kier alpha value is -3.65. The molecule has 3 aliphatic heterocycles. The Morgan fingerprint density at radius 3 is 2.69 bits per heavy atom. The van der Waals surface area contributed by atoms with E-state index >= 15 is 0 Å². The maximum atomic E-state index is 9.92. The average molecular weight is 472 g/mol. The maximum Gasteiger partial charge on any atom is 0.150 e. The van der Waals surface area contributed by atoms with Crippen molar-refractivity contribution >= 4 is 23.3 Å². The van der Waals surface area contributed by atoms with Crippen molar-refractivity contribution in [1.82, 2.24) is 30.3 Å². The molecule has 35 heavy (non-hydrogen) atoms. The number of hydrogen-bond donors (Lipinski definition) is 4. The maximum absolute atomic E-state index is 9.92. The highest BCUT2D eigenvalue weighted by atomic mass is 16.1. The molecule has 6 rings (SSSR count). The van der Waals surface area contributed by atoms with Gasteiger partial charge in [0.15, 0.2) is 0 Å². The molecule has 2 aromatic rings. The zero-order chi connectivity index (χ0) is 24.2. The van der Waals surface area contributed by atoms with Gasteiger partial charge in [0.2, 0.25) is 0 Å². The quantitative estimate of drug-likeness (QED) is 0.508. The topological polar surface area (TPSA) is 109 Å². The molecule has 0 amide bonds. The molecule has 182 valence electrons. The van der Waals surface area contributed by atoms with Gasteiger partial charge in [-0.2, -0.15) is 0 Å². The SMILES string of the molecule is C=C1/C=C\C=C(\C2CC2)N/C(c2nc(C3CCNCC3)n3ccnc(N)c23)=C\1.O=CC1C=CNC1. The summed E-state index contributed by atoms with van der Waals surface area (Å²) in [5, 5.41) is 9.99. The number of carbonyl (C=O) groups excluding carboxylic acids is 1. The Morgan fingerprint density at radius 2 is 2.00 bits per heavy atom. The Balaban J connectivity index is 0.000000313. The number of nitrogens with one attached hydrogen (secondary N) is 3. The number of aldehydes is 1. The van der Waals surface area contributed by atoms with Crippen molar-refractivity contribution in [2.24, 2.45) is 11.8 Å². The third kappa shape index (κ3) is 5.22. The summed E-state index contributed by atoms with van der Waals surface area (Å²) in [6.07, 6.45) is 21.3. The molecular weight excluding hydrogens is 438 g/mol. The lowest BCUT2D eigenvalue weighted by Crippen LogP contribution is -2.27. The lowest BCUT2D eigenvalue weighted by molar-refractivity contribution is -0.109. The molecule has 0 radical (unpaired) electrons. The Kier molecular flexibility index (Phi) is 6.81. The Bertz CT molecular complexity index is 1230. The molecule has 1 saturated heterocycles. The van der Waals surface area contributed by atoms with Crippen LogP contribution in [0.25, 0.3) is 11.2 Å². The fourth-order valence-corrected chi connectivity index (χ4v) is 4.70. The van der Waals surface area contributed by atoms with E-state index in [1.807, 2.05) is 18.3 Å². The number of aromatic nitrogens is 3. The number of fused-ring (bicyclic) bond motifs is 1. The van der Waals surface area contributed by atoms with Crippen molar-refractivity contribution in [3.05, 3.63) is 78.3 Å². The van der Waals surface area contributed by atoms with E-state index in [9.17, 15) is 4.79 Å². The predicted octanol–water partition coefficient (Wildman–Crippen LogP) is 3.05. The molecular formula is C27H33N7O. The van der Waals surface area contributed by atoms with Crippen molar-refractivity contribution in [3.8, 4) is 0 Å². The van der Waals surface area contributed by atoms with Crippen molar-refractivity contribution in [3.63, 3.8) is 0 Å². The van der Waals surface area contributed by atoms with Crippen LogP contribution in [0.5, 0.6) is 0 Å². The Morgan fingerprint density at radius 1 is 1.17 bits per heavy atom. The van der Waals surface area contributed by atoms with E-state index in [0.29, 0.717) is 17.7 Å². The van der Waals surface area contributed by atoms with Crippen LogP contribution >= 0.6 is 0 Å². The second-order valence-corrected chi connectivity index (χ2v) is 9.45. The van der Waals surface area contributed by atoms with Gasteiger partial charge in [-0.3, -0.25) is 4.40 Å². The van der Waals surface area contributed by atoms with E-state index in [2.05, 4.69) is 50.1 Å². The first-order valence-electron chi connectivity index (χ1n) is 12.4. The van der Waals surface area contributed by atoms with Crippen LogP contribution in [0.4, 0.5) is 5.82 Å². The summed E-state index contributed by atoms with van der Waals surface area (Å²) in [5.74, 6) is 2.73. The monoisotopic (exact) mass is 471 g/mol. The van der Waals surface area contributed by atoms with Crippen LogP contribution in [0.15, 0.2) is 66.8 Å². The fraction of sp³-hybridized carbons (Fsp3) is 0.370. The largest absolute Gasteiger partial charge is 0.390 e. The van der Waals surface area contributed by atoms with Crippen LogP contribution in [0.3, 0.4) is 0 Å². The number of nitrogen functional groups attached to an aromatic ring is 1. The third-order valence-corrected chi connectivity index (χ3v) is 6.77. The normalized spacial score (nSPS) is 26.2. The van der Waals surface area contributed by atoms with Gasteiger partial charge in [-0.25, -0.2) is 9.97 Å². The minimum Gasteiger partial charge on any atom is -0.390 e. The first-order valence-corrected chi connectivity index (χ1v) is 12.4. The molecule has 2 aromatic heterocycles. The van der Waals surface area contributed by atoms with E-state index in [-0.39, 0.29) is 5.92 Å². The van der Waals surface area contributed by atoms with E-state index in [4.69, 9.17) is 10.7 Å². The van der Waals surface area contributed by atoms with Crippen molar-refractivity contribution in [2.75, 3.05) is 25.4 Å². The van der Waals surface area contributed by atoms with Crippen LogP contribution in [0.1, 0.15) is 43.1 Å². The highest BCUT2D eigenvalue weighted by Gasteiger charge is 2.29. The lowest BCUT2D eigenvalue weighted by atomic mass is 9.97. The molecule has 0 aromatic carbocycles. The summed E-state index contributed by atoms with van der Waals surface area (Å²) in [7, 11) is 0. The van der Waals surface area contributed by atoms with Crippen LogP contribution in [-0.2, 0) is 4.79 Å². The summed E-state index contributed by atoms with van der Waals surface area (Å²) in [4.78, 5) is 19.4. The molecule has 2 fully saturated rings. The minimum absolute atomic E-state index is 0.125. The summed E-state index contributed by atoms with van der Waals surface area (Å²) < 4.78 is 2.13. The van der Waals surface area contributed by atoms with Gasteiger partial charge >= 0.3 is 0 Å². The Labute approximate surface area is 205 Å². The van der Waals surface area contributed by atoms with E-state index in [1.54, 1.807) is 12.4 Å². The highest BCUT2D eigenvalue weighted by Crippen LogP contribution is 2.38. The van der Waals surface area contributed by atoms with Gasteiger partial charge in [0.25, 0.3) is 0 Å². The number of nitrogens with two attached hydrogens (primary N) is 1. The highest BCUT2D eigenvalue weighted by molar-refractivity contribution is 5.84. The second-order valence-electron chi connectivity index (χ2n) is 9.45. The number of anilines is 1. The van der Waals surface area contributed by atoms with Crippen LogP contribution in [0.2, 0.25) is 0 Å². The van der Waals surface area contributed by atoms with Crippen molar-refractivity contribution in [2.45, 2.75) is 31.6 Å². The zero-order valence-corrected chi connectivity index (χ0v) is 19.9. The number of rotatable bonds is 4. The van der Waals surface area contributed by atoms with Gasteiger partial charge in [0.05, 0.1) is 11.6 Å². The van der Waals surface area contributed by atoms with E-state index < -0.39 is 0 Å². The molecule has 1 saturated carbocycles. The average Bonchev–Trinajstić information content (AvgIpc) is 3.41. The number of nitrogens with zero attached hydrogens (tertiary/aromatic N) is 3. The third-order valence-electron chi connectivity index (χ3n) is 6.77. The van der Waals surface area contributed by atoms with Crippen LogP contribution < -0.4 is 21.7 Å². The van der Waals surface area contributed by atoms with Gasteiger partial charge in [-0.05, 0) is 68.6 Å². The number of piperidine rings is 1. The predicted molar refractivity (Wildman–Crippen MR) is 139 cm³/mol. The molecule has 1 atom stereocenters. The molecule has 5 heterocycles. The fourth-order valence-electron chi connectivity index (χ4n) is 4.70. The second kappa shape index (κ2) is 10.3. The van der Waals surface area contributed by atoms with Gasteiger partial charge in [-0.15, -0.1) is 0 Å². The van der Waals surface area contributed by atoms with Crippen molar-refractivity contribution in [1.29, 1.82) is 0 Å². The molecule has 8 nitrogen and oxygen atoms in total. The number of hydrogen-bond acceptors (Lipinski definition) is 7. The molecule has 5 N–H and O–H groups in total. The standard InChI is InChI=1S/C22H26N6.C5H7NO/c1-14-3-2-4-17(15-5-6-15)26-18(13-14)19-20-21(23)25-11-12-28(20)22(27-19)16-7-9-24-10-8-16;7-4-5-1-2-6-3-5/h2-4,11-13,15-16,24,26H,1,5-10H2,(H2,23,25);1-2,4-6H,3H2/b3-2-,17-4-,18-13-;. The van der Waals surface area contributed by atoms with Crippen molar-refractivity contribution < 1.29 is 4.79 Å². The summed E-state index contributed by atoms with van der Waals surface area (Å²) >= 11 is 0. The summed E-state index contributed by atoms with van der Waals surface area (Å²) in [6.45, 7) is 6.98. The zero-order valence-electron chi connectivity index (χ0n) is 19.9. The first kappa shape index (κ1) is 23.1. The summed E-state index contributed by atoms with van der Waals surface area (Å²) in [5.41, 5.74) is 11.2. The van der Waals surface area contributed by atoms with Crippen LogP contribution in [0, 0.1) is 11.8 Å². The molecule has 0 spiro atoms. The number of imidazole rings is 1. The van der Waals surface area contributed by atoms with Gasteiger partial charge in [0, 0.05) is 30.6 Å². The number of allylic oxidation sites excluding steroid dienone is 6. The molecule has 1 aliphatic carbocycles. The molecule has 1 unspecified atom stereocenters. The molecule has 8 heteroatoms. The van der Waals surface area contributed by atoms with E-state index in [1.165, 1.54) is 18.5 Å². The van der Waals surface area contributed by atoms with Gasteiger partial charge in [-0.1, -0.05) is 24.8 Å². The van der Waals surface area contributed by atoms with Crippen LogP contribution in [-0.4, -0.2) is 40.3 Å². The molecule has 0 bridgehead atoms. The number of carbonyl (C=O) groups is 1.